The van der Waals surface area contributed by atoms with Gasteiger partial charge in [-0.05, 0) is 37.1 Å². The van der Waals surface area contributed by atoms with Crippen LogP contribution in [0.25, 0.3) is 27.5 Å². The number of aromatic nitrogens is 2. The van der Waals surface area contributed by atoms with Gasteiger partial charge in [0.15, 0.2) is 0 Å². The van der Waals surface area contributed by atoms with Crippen LogP contribution in [-0.2, 0) is 0 Å². The molecule has 0 N–H and O–H groups in total. The molecule has 0 spiro atoms. The molecule has 0 atom stereocenters. The predicted octanol–water partition coefficient (Wildman–Crippen LogP) is 4.80. The van der Waals surface area contributed by atoms with E-state index in [1.165, 1.54) is 27.7 Å². The summed E-state index contributed by atoms with van der Waals surface area (Å²) in [6.07, 6.45) is 4.14. The van der Waals surface area contributed by atoms with Gasteiger partial charge in [-0.1, -0.05) is 30.3 Å². The number of benzene rings is 2. The third-order valence-corrected chi connectivity index (χ3v) is 4.42. The molecule has 23 heavy (non-hydrogen) atoms. The summed E-state index contributed by atoms with van der Waals surface area (Å²) in [5.41, 5.74) is 5.75. The van der Waals surface area contributed by atoms with Crippen molar-refractivity contribution < 1.29 is 4.74 Å². The molecule has 3 heteroatoms. The van der Waals surface area contributed by atoms with E-state index in [2.05, 4.69) is 59.9 Å². The SMILES string of the molecule is COc1cccc2c1ncc1c(C)cn(-c3ccccc3C)c12. The van der Waals surface area contributed by atoms with Crippen molar-refractivity contribution in [1.29, 1.82) is 0 Å². The van der Waals surface area contributed by atoms with Gasteiger partial charge >= 0.3 is 0 Å². The molecular weight excluding hydrogens is 284 g/mol. The highest BCUT2D eigenvalue weighted by Gasteiger charge is 2.14. The van der Waals surface area contributed by atoms with Gasteiger partial charge in [-0.25, -0.2) is 0 Å². The lowest BCUT2D eigenvalue weighted by Crippen LogP contribution is -1.96. The molecule has 2 aromatic carbocycles. The smallest absolute Gasteiger partial charge is 0.145 e. The number of hydrogen-bond acceptors (Lipinski definition) is 2. The number of pyridine rings is 1. The Bertz CT molecular complexity index is 1030. The fourth-order valence-electron chi connectivity index (χ4n) is 3.25. The Hall–Kier alpha value is -2.81. The van der Waals surface area contributed by atoms with Crippen LogP contribution < -0.4 is 4.74 Å². The van der Waals surface area contributed by atoms with Gasteiger partial charge in [0.05, 0.1) is 12.6 Å². The second kappa shape index (κ2) is 5.13. The molecule has 0 aliphatic carbocycles. The Balaban J connectivity index is 2.18. The van der Waals surface area contributed by atoms with Gasteiger partial charge in [0.25, 0.3) is 0 Å². The third kappa shape index (κ3) is 2.00. The fourth-order valence-corrected chi connectivity index (χ4v) is 3.25. The molecule has 0 fully saturated rings. The minimum Gasteiger partial charge on any atom is -0.494 e. The maximum atomic E-state index is 5.48. The number of methoxy groups -OCH3 is 1. The summed E-state index contributed by atoms with van der Waals surface area (Å²) in [5.74, 6) is 0.805. The van der Waals surface area contributed by atoms with Crippen molar-refractivity contribution in [3.63, 3.8) is 0 Å². The van der Waals surface area contributed by atoms with Crippen molar-refractivity contribution in [2.75, 3.05) is 7.11 Å². The standard InChI is InChI=1S/C20H18N2O/c1-13-7-4-5-9-17(13)22-12-14(2)16-11-21-19-15(20(16)22)8-6-10-18(19)23-3/h4-12H,1-3H3. The zero-order valence-electron chi connectivity index (χ0n) is 13.5. The van der Waals surface area contributed by atoms with Crippen molar-refractivity contribution in [3.05, 3.63) is 66.0 Å². The molecule has 0 amide bonds. The van der Waals surface area contributed by atoms with E-state index in [0.29, 0.717) is 0 Å². The lowest BCUT2D eigenvalue weighted by Gasteiger charge is -2.11. The highest BCUT2D eigenvalue weighted by molar-refractivity contribution is 6.07. The number of aryl methyl sites for hydroxylation is 2. The number of hydrogen-bond donors (Lipinski definition) is 0. The van der Waals surface area contributed by atoms with E-state index < -0.39 is 0 Å². The van der Waals surface area contributed by atoms with Crippen LogP contribution in [-0.4, -0.2) is 16.7 Å². The van der Waals surface area contributed by atoms with Gasteiger partial charge in [0, 0.05) is 28.9 Å². The van der Waals surface area contributed by atoms with E-state index in [4.69, 9.17) is 4.74 Å². The summed E-state index contributed by atoms with van der Waals surface area (Å²) in [7, 11) is 1.69. The van der Waals surface area contributed by atoms with Gasteiger partial charge < -0.3 is 9.30 Å². The Kier molecular flexibility index (Phi) is 3.08. The molecule has 0 aliphatic rings. The van der Waals surface area contributed by atoms with Crippen LogP contribution in [0, 0.1) is 13.8 Å². The van der Waals surface area contributed by atoms with Gasteiger partial charge in [0.2, 0.25) is 0 Å². The topological polar surface area (TPSA) is 27.1 Å². The van der Waals surface area contributed by atoms with Crippen molar-refractivity contribution >= 4 is 21.8 Å². The fraction of sp³-hybridized carbons (Fsp3) is 0.150. The van der Waals surface area contributed by atoms with Crippen molar-refractivity contribution in [3.8, 4) is 11.4 Å². The second-order valence-electron chi connectivity index (χ2n) is 5.85. The first-order valence-electron chi connectivity index (χ1n) is 7.70. The zero-order valence-corrected chi connectivity index (χ0v) is 13.5. The van der Waals surface area contributed by atoms with Crippen LogP contribution in [0.2, 0.25) is 0 Å². The molecule has 0 aliphatic heterocycles. The molecular formula is C20H18N2O. The second-order valence-corrected chi connectivity index (χ2v) is 5.85. The molecule has 2 aromatic heterocycles. The van der Waals surface area contributed by atoms with Crippen LogP contribution >= 0.6 is 0 Å². The minimum absolute atomic E-state index is 0.805. The average Bonchev–Trinajstić information content (AvgIpc) is 2.92. The highest BCUT2D eigenvalue weighted by atomic mass is 16.5. The van der Waals surface area contributed by atoms with Gasteiger partial charge in [-0.2, -0.15) is 0 Å². The average molecular weight is 302 g/mol. The van der Waals surface area contributed by atoms with Gasteiger partial charge in [-0.15, -0.1) is 0 Å². The normalized spacial score (nSPS) is 11.3. The Morgan fingerprint density at radius 3 is 2.52 bits per heavy atom. The van der Waals surface area contributed by atoms with E-state index in [0.717, 1.165) is 16.7 Å². The summed E-state index contributed by atoms with van der Waals surface area (Å²) in [6.45, 7) is 4.27. The van der Waals surface area contributed by atoms with Crippen LogP contribution in [0.4, 0.5) is 0 Å². The van der Waals surface area contributed by atoms with E-state index in [1.807, 2.05) is 18.3 Å². The Labute approximate surface area is 135 Å². The van der Waals surface area contributed by atoms with Crippen LogP contribution in [0.5, 0.6) is 5.75 Å². The van der Waals surface area contributed by atoms with E-state index in [9.17, 15) is 0 Å². The van der Waals surface area contributed by atoms with Crippen molar-refractivity contribution in [1.82, 2.24) is 9.55 Å². The monoisotopic (exact) mass is 302 g/mol. The van der Waals surface area contributed by atoms with Crippen molar-refractivity contribution in [2.24, 2.45) is 0 Å². The maximum absolute atomic E-state index is 5.48. The van der Waals surface area contributed by atoms with Crippen LogP contribution in [0.1, 0.15) is 11.1 Å². The Morgan fingerprint density at radius 2 is 1.74 bits per heavy atom. The first-order valence-corrected chi connectivity index (χ1v) is 7.70. The van der Waals surface area contributed by atoms with Gasteiger partial charge in [0.1, 0.15) is 11.3 Å². The maximum Gasteiger partial charge on any atom is 0.145 e. The molecule has 0 saturated heterocycles. The van der Waals surface area contributed by atoms with Crippen molar-refractivity contribution in [2.45, 2.75) is 13.8 Å². The number of nitrogens with zero attached hydrogens (tertiary/aromatic N) is 2. The number of rotatable bonds is 2. The molecule has 0 radical (unpaired) electrons. The summed E-state index contributed by atoms with van der Waals surface area (Å²) in [6, 6.07) is 14.5. The van der Waals surface area contributed by atoms with E-state index >= 15 is 0 Å². The predicted molar refractivity (Wildman–Crippen MR) is 94.6 cm³/mol. The quantitative estimate of drug-likeness (QED) is 0.531. The lowest BCUT2D eigenvalue weighted by molar-refractivity contribution is 0.419. The molecule has 4 rings (SSSR count). The molecule has 114 valence electrons. The van der Waals surface area contributed by atoms with E-state index in [-0.39, 0.29) is 0 Å². The van der Waals surface area contributed by atoms with Crippen LogP contribution in [0.15, 0.2) is 54.9 Å². The number of ether oxygens (including phenoxy) is 1. The van der Waals surface area contributed by atoms with Crippen LogP contribution in [0.3, 0.4) is 0 Å². The Morgan fingerprint density at radius 1 is 0.913 bits per heavy atom. The third-order valence-electron chi connectivity index (χ3n) is 4.42. The largest absolute Gasteiger partial charge is 0.494 e. The summed E-state index contributed by atoms with van der Waals surface area (Å²) in [5, 5.41) is 2.28. The number of para-hydroxylation sites is 2. The first kappa shape index (κ1) is 13.8. The first-order chi connectivity index (χ1) is 11.2. The molecule has 0 bridgehead atoms. The molecule has 0 saturated carbocycles. The van der Waals surface area contributed by atoms with E-state index in [1.54, 1.807) is 7.11 Å². The molecule has 4 aromatic rings. The highest BCUT2D eigenvalue weighted by Crippen LogP contribution is 2.34. The minimum atomic E-state index is 0.805. The molecule has 0 unspecified atom stereocenters. The summed E-state index contributed by atoms with van der Waals surface area (Å²) < 4.78 is 7.75. The number of fused-ring (bicyclic) bond motifs is 3. The van der Waals surface area contributed by atoms with Gasteiger partial charge in [-0.3, -0.25) is 4.98 Å². The molecule has 2 heterocycles. The summed E-state index contributed by atoms with van der Waals surface area (Å²) in [4.78, 5) is 4.63. The lowest BCUT2D eigenvalue weighted by atomic mass is 10.1. The molecule has 3 nitrogen and oxygen atoms in total. The zero-order chi connectivity index (χ0) is 16.0. The summed E-state index contributed by atoms with van der Waals surface area (Å²) >= 11 is 0.